The third-order valence-corrected chi connectivity index (χ3v) is 5.27. The number of carbonyl (C=O) groups excluding carboxylic acids is 1. The third kappa shape index (κ3) is 12.0. The Morgan fingerprint density at radius 3 is 1.93 bits per heavy atom. The fraction of sp³-hybridized carbons (Fsp3) is 0.708. The van der Waals surface area contributed by atoms with Crippen LogP contribution in [-0.2, 0) is 4.74 Å². The van der Waals surface area contributed by atoms with Crippen molar-refractivity contribution in [3.8, 4) is 0 Å². The first-order valence-electron chi connectivity index (χ1n) is 11.3. The number of anilines is 1. The molecule has 0 aliphatic rings. The second kappa shape index (κ2) is 16.4. The molecule has 0 aromatic heterocycles. The molecule has 0 radical (unpaired) electrons. The molecule has 0 aliphatic heterocycles. The van der Waals surface area contributed by atoms with Crippen LogP contribution < -0.4 is 5.32 Å². The van der Waals surface area contributed by atoms with E-state index in [0.717, 1.165) is 18.8 Å². The number of hydrogen-bond acceptors (Lipinski definition) is 4. The number of hydrogen-bond donors (Lipinski definition) is 1. The molecule has 0 amide bonds. The van der Waals surface area contributed by atoms with Gasteiger partial charge in [-0.2, -0.15) is 0 Å². The molecule has 0 saturated carbocycles. The van der Waals surface area contributed by atoms with E-state index in [0.29, 0.717) is 5.56 Å². The summed E-state index contributed by atoms with van der Waals surface area (Å²) in [6, 6.07) is 7.44. The van der Waals surface area contributed by atoms with Crippen LogP contribution in [0, 0.1) is 0 Å². The number of nitrogens with zero attached hydrogens (tertiary/aromatic N) is 1. The number of likely N-dealkylation sites (N-methyl/N-ethyl adjacent to an activating group) is 1. The van der Waals surface area contributed by atoms with Gasteiger partial charge in [0.2, 0.25) is 0 Å². The molecule has 0 bridgehead atoms. The molecule has 160 valence electrons. The summed E-state index contributed by atoms with van der Waals surface area (Å²) in [6.07, 6.45) is 15.3. The minimum Gasteiger partial charge on any atom is -0.465 e. The number of benzene rings is 1. The number of rotatable bonds is 17. The summed E-state index contributed by atoms with van der Waals surface area (Å²) >= 11 is 0. The Bertz CT molecular complexity index is 502. The highest BCUT2D eigenvalue weighted by Gasteiger charge is 2.04. The van der Waals surface area contributed by atoms with Crippen LogP contribution in [0.4, 0.5) is 5.69 Å². The Morgan fingerprint density at radius 2 is 1.39 bits per heavy atom. The van der Waals surface area contributed by atoms with Crippen molar-refractivity contribution >= 4 is 11.7 Å². The molecule has 0 unspecified atom stereocenters. The van der Waals surface area contributed by atoms with Gasteiger partial charge in [0.1, 0.15) is 0 Å². The average molecular weight is 391 g/mol. The van der Waals surface area contributed by atoms with Crippen LogP contribution >= 0.6 is 0 Å². The van der Waals surface area contributed by atoms with E-state index in [9.17, 15) is 4.79 Å². The quantitative estimate of drug-likeness (QED) is 0.257. The summed E-state index contributed by atoms with van der Waals surface area (Å²) in [5.74, 6) is -0.293. The molecular weight excluding hydrogens is 348 g/mol. The molecule has 0 atom stereocenters. The molecule has 1 aromatic carbocycles. The lowest BCUT2D eigenvalue weighted by Crippen LogP contribution is -2.26. The lowest BCUT2D eigenvalue weighted by molar-refractivity contribution is 0.0601. The predicted molar refractivity (Wildman–Crippen MR) is 120 cm³/mol. The SMILES string of the molecule is CCCCCCCCCCCCCN(C)CCNc1ccc(C(=O)OC)cc1. The summed E-state index contributed by atoms with van der Waals surface area (Å²) in [7, 11) is 3.60. The first kappa shape index (κ1) is 24.5. The fourth-order valence-electron chi connectivity index (χ4n) is 3.39. The van der Waals surface area contributed by atoms with Crippen molar-refractivity contribution in [2.45, 2.75) is 77.6 Å². The van der Waals surface area contributed by atoms with Crippen LogP contribution in [0.5, 0.6) is 0 Å². The van der Waals surface area contributed by atoms with Crippen LogP contribution in [0.25, 0.3) is 0 Å². The Hall–Kier alpha value is -1.55. The largest absolute Gasteiger partial charge is 0.465 e. The van der Waals surface area contributed by atoms with Gasteiger partial charge in [-0.05, 0) is 44.3 Å². The Balaban J connectivity index is 1.95. The molecular formula is C24H42N2O2. The maximum atomic E-state index is 11.4. The topological polar surface area (TPSA) is 41.6 Å². The van der Waals surface area contributed by atoms with Crippen LogP contribution in [0.15, 0.2) is 24.3 Å². The number of esters is 1. The van der Waals surface area contributed by atoms with E-state index >= 15 is 0 Å². The molecule has 0 aliphatic carbocycles. The maximum absolute atomic E-state index is 11.4. The van der Waals surface area contributed by atoms with Crippen molar-refractivity contribution in [2.75, 3.05) is 39.1 Å². The van der Waals surface area contributed by atoms with Crippen molar-refractivity contribution in [1.82, 2.24) is 4.90 Å². The Labute approximate surface area is 173 Å². The zero-order valence-electron chi connectivity index (χ0n) is 18.5. The first-order chi connectivity index (χ1) is 13.7. The maximum Gasteiger partial charge on any atom is 0.337 e. The van der Waals surface area contributed by atoms with Gasteiger partial charge in [-0.15, -0.1) is 0 Å². The number of ether oxygens (including phenoxy) is 1. The number of methoxy groups -OCH3 is 1. The van der Waals surface area contributed by atoms with Crippen molar-refractivity contribution < 1.29 is 9.53 Å². The summed E-state index contributed by atoms with van der Waals surface area (Å²) in [5.41, 5.74) is 1.62. The molecule has 0 fully saturated rings. The van der Waals surface area contributed by atoms with E-state index in [2.05, 4.69) is 24.2 Å². The highest BCUT2D eigenvalue weighted by Crippen LogP contribution is 2.12. The molecule has 1 rings (SSSR count). The van der Waals surface area contributed by atoms with Crippen molar-refractivity contribution in [1.29, 1.82) is 0 Å². The summed E-state index contributed by atoms with van der Waals surface area (Å²) < 4.78 is 4.71. The standard InChI is InChI=1S/C24H42N2O2/c1-4-5-6-7-8-9-10-11-12-13-14-20-26(2)21-19-25-23-17-15-22(16-18-23)24(27)28-3/h15-18,25H,4-14,19-21H2,1-3H3. The zero-order chi connectivity index (χ0) is 20.5. The number of nitrogens with one attached hydrogen (secondary N) is 1. The van der Waals surface area contributed by atoms with Crippen LogP contribution in [0.3, 0.4) is 0 Å². The lowest BCUT2D eigenvalue weighted by Gasteiger charge is -2.17. The first-order valence-corrected chi connectivity index (χ1v) is 11.3. The normalized spacial score (nSPS) is 11.0. The monoisotopic (exact) mass is 390 g/mol. The highest BCUT2D eigenvalue weighted by atomic mass is 16.5. The Morgan fingerprint density at radius 1 is 0.857 bits per heavy atom. The number of carbonyl (C=O) groups is 1. The highest BCUT2D eigenvalue weighted by molar-refractivity contribution is 5.89. The summed E-state index contributed by atoms with van der Waals surface area (Å²) in [5, 5.41) is 3.41. The van der Waals surface area contributed by atoms with E-state index in [1.165, 1.54) is 84.3 Å². The molecule has 0 saturated heterocycles. The van der Waals surface area contributed by atoms with Crippen molar-refractivity contribution in [3.63, 3.8) is 0 Å². The fourth-order valence-corrected chi connectivity index (χ4v) is 3.39. The van der Waals surface area contributed by atoms with Crippen molar-refractivity contribution in [2.24, 2.45) is 0 Å². The van der Waals surface area contributed by atoms with E-state index in [1.807, 2.05) is 12.1 Å². The van der Waals surface area contributed by atoms with Crippen LogP contribution in [-0.4, -0.2) is 44.7 Å². The van der Waals surface area contributed by atoms with Gasteiger partial charge in [-0.3, -0.25) is 0 Å². The summed E-state index contributed by atoms with van der Waals surface area (Å²) in [4.78, 5) is 13.8. The predicted octanol–water partition coefficient (Wildman–Crippen LogP) is 6.13. The van der Waals surface area contributed by atoms with Gasteiger partial charge in [0.05, 0.1) is 12.7 Å². The van der Waals surface area contributed by atoms with Gasteiger partial charge < -0.3 is 15.0 Å². The Kier molecular flexibility index (Phi) is 14.4. The van der Waals surface area contributed by atoms with Crippen molar-refractivity contribution in [3.05, 3.63) is 29.8 Å². The molecule has 1 N–H and O–H groups in total. The van der Waals surface area contributed by atoms with Crippen LogP contribution in [0.1, 0.15) is 87.9 Å². The zero-order valence-corrected chi connectivity index (χ0v) is 18.5. The molecule has 28 heavy (non-hydrogen) atoms. The van der Waals surface area contributed by atoms with E-state index < -0.39 is 0 Å². The van der Waals surface area contributed by atoms with Gasteiger partial charge in [-0.25, -0.2) is 4.79 Å². The second-order valence-electron chi connectivity index (χ2n) is 7.83. The van der Waals surface area contributed by atoms with E-state index in [4.69, 9.17) is 4.74 Å². The molecule has 4 nitrogen and oxygen atoms in total. The minimum atomic E-state index is -0.293. The van der Waals surface area contributed by atoms with E-state index in [-0.39, 0.29) is 5.97 Å². The lowest BCUT2D eigenvalue weighted by atomic mass is 10.1. The average Bonchev–Trinajstić information content (AvgIpc) is 2.72. The van der Waals surface area contributed by atoms with Gasteiger partial charge in [-0.1, -0.05) is 71.1 Å². The van der Waals surface area contributed by atoms with Crippen LogP contribution in [0.2, 0.25) is 0 Å². The van der Waals surface area contributed by atoms with Gasteiger partial charge in [0.15, 0.2) is 0 Å². The van der Waals surface area contributed by atoms with Gasteiger partial charge in [0.25, 0.3) is 0 Å². The third-order valence-electron chi connectivity index (χ3n) is 5.27. The molecule has 4 heteroatoms. The van der Waals surface area contributed by atoms with Gasteiger partial charge >= 0.3 is 5.97 Å². The summed E-state index contributed by atoms with van der Waals surface area (Å²) in [6.45, 7) is 5.38. The molecule has 0 heterocycles. The molecule has 0 spiro atoms. The minimum absolute atomic E-state index is 0.293. The molecule has 1 aromatic rings. The second-order valence-corrected chi connectivity index (χ2v) is 7.83. The number of unbranched alkanes of at least 4 members (excludes halogenated alkanes) is 10. The smallest absolute Gasteiger partial charge is 0.337 e. The van der Waals surface area contributed by atoms with E-state index in [1.54, 1.807) is 12.1 Å². The van der Waals surface area contributed by atoms with Gasteiger partial charge in [0, 0.05) is 18.8 Å².